The summed E-state index contributed by atoms with van der Waals surface area (Å²) in [5.74, 6) is 1.01. The molecule has 0 spiro atoms. The van der Waals surface area contributed by atoms with Gasteiger partial charge in [-0.25, -0.2) is 5.10 Å². The van der Waals surface area contributed by atoms with Gasteiger partial charge in [-0.15, -0.1) is 6.07 Å². The molecule has 0 fully saturated rings. The Kier molecular flexibility index (Phi) is 6.19. The van der Waals surface area contributed by atoms with E-state index in [1.165, 1.54) is 4.68 Å². The second-order valence-corrected chi connectivity index (χ2v) is 6.48. The van der Waals surface area contributed by atoms with Gasteiger partial charge >= 0.3 is 6.18 Å². The molecule has 0 bridgehead atoms. The quantitative estimate of drug-likeness (QED) is 0.339. The van der Waals surface area contributed by atoms with Gasteiger partial charge in [0.25, 0.3) is 0 Å². The first kappa shape index (κ1) is 21.9. The number of rotatable bonds is 4. The third-order valence-corrected chi connectivity index (χ3v) is 4.39. The van der Waals surface area contributed by atoms with E-state index in [4.69, 9.17) is 0 Å². The van der Waals surface area contributed by atoms with E-state index in [9.17, 15) is 13.2 Å². The van der Waals surface area contributed by atoms with Crippen LogP contribution in [0.25, 0.3) is 11.5 Å². The van der Waals surface area contributed by atoms with Crippen LogP contribution in [0.4, 0.5) is 13.2 Å². The van der Waals surface area contributed by atoms with Gasteiger partial charge in [-0.3, -0.25) is 9.67 Å². The van der Waals surface area contributed by atoms with E-state index in [-0.39, 0.29) is 26.0 Å². The summed E-state index contributed by atoms with van der Waals surface area (Å²) >= 11 is 0. The van der Waals surface area contributed by atoms with Gasteiger partial charge in [0.1, 0.15) is 0 Å². The number of hydrogen-bond acceptors (Lipinski definition) is 4. The molecule has 3 heterocycles. The number of alkyl halides is 3. The maximum absolute atomic E-state index is 12.8. The van der Waals surface area contributed by atoms with E-state index in [0.717, 1.165) is 28.3 Å². The average Bonchev–Trinajstić information content (AvgIpc) is 3.37. The Labute approximate surface area is 184 Å². The molecule has 0 saturated heterocycles. The van der Waals surface area contributed by atoms with Crippen molar-refractivity contribution in [1.82, 2.24) is 29.5 Å². The van der Waals surface area contributed by atoms with Gasteiger partial charge in [0.05, 0.1) is 17.6 Å². The van der Waals surface area contributed by atoms with E-state index in [2.05, 4.69) is 32.6 Å². The minimum Gasteiger partial charge on any atom is -0.350 e. The smallest absolute Gasteiger partial charge is 0.350 e. The van der Waals surface area contributed by atoms with Crippen LogP contribution in [0.5, 0.6) is 0 Å². The molecule has 30 heavy (non-hydrogen) atoms. The first-order valence-corrected chi connectivity index (χ1v) is 8.74. The fourth-order valence-electron chi connectivity index (χ4n) is 2.83. The number of benzene rings is 1. The molecule has 157 valence electrons. The first-order valence-electron chi connectivity index (χ1n) is 8.74. The van der Waals surface area contributed by atoms with Gasteiger partial charge in [0.15, 0.2) is 0 Å². The zero-order chi connectivity index (χ0) is 20.6. The van der Waals surface area contributed by atoms with Gasteiger partial charge in [0.2, 0.25) is 0 Å². The summed E-state index contributed by atoms with van der Waals surface area (Å²) in [6.45, 7) is 3.71. The van der Waals surface area contributed by atoms with Crippen molar-refractivity contribution >= 4 is 0 Å². The molecule has 1 atom stereocenters. The van der Waals surface area contributed by atoms with Crippen LogP contribution in [0.3, 0.4) is 0 Å². The van der Waals surface area contributed by atoms with E-state index in [1.807, 2.05) is 25.1 Å². The molecule has 1 radical (unpaired) electrons. The Morgan fingerprint density at radius 3 is 2.53 bits per heavy atom. The third kappa shape index (κ3) is 4.49. The maximum atomic E-state index is 12.8. The van der Waals surface area contributed by atoms with Crippen LogP contribution in [-0.2, 0) is 26.3 Å². The van der Waals surface area contributed by atoms with Crippen LogP contribution < -0.4 is 0 Å². The Bertz CT molecular complexity index is 1150. The van der Waals surface area contributed by atoms with Gasteiger partial charge in [-0.05, 0) is 24.6 Å². The molecule has 1 unspecified atom stereocenters. The number of nitrogens with zero attached hydrogens (tertiary/aromatic N) is 6. The number of halogens is 3. The van der Waals surface area contributed by atoms with E-state index in [0.29, 0.717) is 17.3 Å². The maximum Gasteiger partial charge on any atom is 0.419 e. The fraction of sp³-hybridized carbons (Fsp3) is 0.200. The molecule has 0 saturated carbocycles. The minimum absolute atomic E-state index is 0. The number of pyridine rings is 1. The monoisotopic (exact) mass is 589 g/mol. The molecular weight excluding hydrogens is 573 g/mol. The summed E-state index contributed by atoms with van der Waals surface area (Å²) in [6, 6.07) is 13.9. The minimum atomic E-state index is -4.44. The normalized spacial score (nSPS) is 12.4. The molecule has 0 aliphatic carbocycles. The van der Waals surface area contributed by atoms with Crippen molar-refractivity contribution in [2.75, 3.05) is 0 Å². The zero-order valence-electron chi connectivity index (χ0n) is 15.8. The van der Waals surface area contributed by atoms with E-state index in [1.54, 1.807) is 25.1 Å². The standard InChI is InChI=1S/C20H15F3N6.Ir/c1-13(18-7-4-8-19(26-18)29-12-24-14(2)27-29)15-5-3-6-17(9-15)28-11-16(10-25-28)20(21,22)23;/h3-8,10-11,13H,1-2H3;/q-2;. The predicted molar refractivity (Wildman–Crippen MR) is 97.6 cm³/mol. The summed E-state index contributed by atoms with van der Waals surface area (Å²) in [5.41, 5.74) is 1.14. The van der Waals surface area contributed by atoms with Crippen molar-refractivity contribution < 1.29 is 33.3 Å². The molecule has 4 rings (SSSR count). The number of aromatic nitrogens is 6. The summed E-state index contributed by atoms with van der Waals surface area (Å²) in [7, 11) is 0. The van der Waals surface area contributed by atoms with E-state index < -0.39 is 11.7 Å². The van der Waals surface area contributed by atoms with Crippen LogP contribution in [0.1, 0.15) is 35.5 Å². The molecule has 0 aliphatic heterocycles. The van der Waals surface area contributed by atoms with Gasteiger partial charge in [0, 0.05) is 44.1 Å². The molecule has 0 N–H and O–H groups in total. The predicted octanol–water partition coefficient (Wildman–Crippen LogP) is 3.92. The van der Waals surface area contributed by atoms with Gasteiger partial charge < -0.3 is 9.67 Å². The fourth-order valence-corrected chi connectivity index (χ4v) is 2.83. The van der Waals surface area contributed by atoms with Crippen LogP contribution in [-0.4, -0.2) is 29.5 Å². The Morgan fingerprint density at radius 1 is 1.10 bits per heavy atom. The molecule has 1 aromatic carbocycles. The molecular formula is C20H15F3IrN6-2. The Hall–Kier alpha value is -2.84. The van der Waals surface area contributed by atoms with Gasteiger partial charge in [-0.1, -0.05) is 19.1 Å². The summed E-state index contributed by atoms with van der Waals surface area (Å²) in [6.07, 6.45) is 0.0579. The number of aryl methyl sites for hydroxylation is 1. The summed E-state index contributed by atoms with van der Waals surface area (Å²) in [4.78, 5) is 8.59. The third-order valence-electron chi connectivity index (χ3n) is 4.39. The molecule has 10 heteroatoms. The topological polar surface area (TPSA) is 61.4 Å². The van der Waals surface area contributed by atoms with E-state index >= 15 is 0 Å². The van der Waals surface area contributed by atoms with Crippen molar-refractivity contribution in [2.45, 2.75) is 25.9 Å². The Balaban J connectivity index is 0.00000256. The number of hydrogen-bond donors (Lipinski definition) is 0. The molecule has 3 aromatic heterocycles. The largest absolute Gasteiger partial charge is 0.419 e. The van der Waals surface area contributed by atoms with Crippen LogP contribution in [0.15, 0.2) is 48.8 Å². The second kappa shape index (κ2) is 8.49. The summed E-state index contributed by atoms with van der Waals surface area (Å²) < 4.78 is 41.1. The van der Waals surface area contributed by atoms with Crippen molar-refractivity contribution in [2.24, 2.45) is 0 Å². The molecule has 0 amide bonds. The molecule has 4 aromatic rings. The van der Waals surface area contributed by atoms with Crippen molar-refractivity contribution in [3.63, 3.8) is 0 Å². The average molecular weight is 589 g/mol. The SMILES string of the molecule is Cc1n[c-]n(-c2cccc(C(C)c3[c-]c(-n4cc(C(F)(F)F)cn4)ccc3)n2)n1.[Ir]. The Morgan fingerprint density at radius 2 is 1.87 bits per heavy atom. The van der Waals surface area contributed by atoms with Crippen molar-refractivity contribution in [3.8, 4) is 11.5 Å². The van der Waals surface area contributed by atoms with Crippen molar-refractivity contribution in [3.05, 3.63) is 83.8 Å². The van der Waals surface area contributed by atoms with Crippen LogP contribution in [0, 0.1) is 19.3 Å². The zero-order valence-corrected chi connectivity index (χ0v) is 18.2. The molecule has 6 nitrogen and oxygen atoms in total. The van der Waals surface area contributed by atoms with Crippen LogP contribution >= 0.6 is 0 Å². The van der Waals surface area contributed by atoms with Gasteiger partial charge in [-0.2, -0.15) is 42.0 Å². The second-order valence-electron chi connectivity index (χ2n) is 6.48. The van der Waals surface area contributed by atoms with Crippen molar-refractivity contribution in [1.29, 1.82) is 0 Å². The molecule has 0 aliphatic rings. The van der Waals surface area contributed by atoms with Crippen LogP contribution in [0.2, 0.25) is 0 Å². The summed E-state index contributed by atoms with van der Waals surface area (Å²) in [5, 5.41) is 8.02. The first-order chi connectivity index (χ1) is 13.8.